The van der Waals surface area contributed by atoms with E-state index in [9.17, 15) is 4.79 Å². The lowest BCUT2D eigenvalue weighted by molar-refractivity contribution is -0.135. The van der Waals surface area contributed by atoms with Crippen molar-refractivity contribution in [2.75, 3.05) is 7.11 Å². The average molecular weight is 199 g/mol. The summed E-state index contributed by atoms with van der Waals surface area (Å²) >= 11 is 7.97. The van der Waals surface area contributed by atoms with Crippen molar-refractivity contribution in [2.45, 2.75) is 0 Å². The second kappa shape index (κ2) is 3.92. The molecule has 0 amide bonds. The van der Waals surface area contributed by atoms with Gasteiger partial charge < -0.3 is 4.74 Å². The molecule has 0 N–H and O–H groups in total. The van der Waals surface area contributed by atoms with Crippen LogP contribution in [0.2, 0.25) is 0 Å². The van der Waals surface area contributed by atoms with Crippen LogP contribution in [-0.4, -0.2) is 13.1 Å². The number of halogens is 2. The van der Waals surface area contributed by atoms with E-state index < -0.39 is 5.97 Å². The van der Waals surface area contributed by atoms with E-state index in [1.165, 1.54) is 7.11 Å². The predicted octanol–water partition coefficient (Wildman–Crippen LogP) is 1.63. The van der Waals surface area contributed by atoms with Crippen LogP contribution in [0, 0.1) is 0 Å². The SMILES string of the molecule is COC(=O)/C(Br)=C\Cl. The fourth-order valence-corrected chi connectivity index (χ4v) is 0.393. The second-order valence-corrected chi connectivity index (χ2v) is 2.02. The Morgan fingerprint density at radius 2 is 2.38 bits per heavy atom. The van der Waals surface area contributed by atoms with Crippen molar-refractivity contribution in [2.24, 2.45) is 0 Å². The van der Waals surface area contributed by atoms with Crippen LogP contribution in [0.4, 0.5) is 0 Å². The monoisotopic (exact) mass is 198 g/mol. The minimum atomic E-state index is -0.472. The Balaban J connectivity index is 3.83. The molecule has 0 aromatic rings. The first-order chi connectivity index (χ1) is 3.72. The van der Waals surface area contributed by atoms with E-state index in [-0.39, 0.29) is 4.48 Å². The zero-order valence-electron chi connectivity index (χ0n) is 4.15. The molecule has 2 nitrogen and oxygen atoms in total. The van der Waals surface area contributed by atoms with Crippen molar-refractivity contribution in [1.29, 1.82) is 0 Å². The summed E-state index contributed by atoms with van der Waals surface area (Å²) in [4.78, 5) is 10.3. The summed E-state index contributed by atoms with van der Waals surface area (Å²) in [7, 11) is 1.28. The van der Waals surface area contributed by atoms with Crippen LogP contribution in [0.3, 0.4) is 0 Å². The number of hydrogen-bond donors (Lipinski definition) is 0. The van der Waals surface area contributed by atoms with Crippen LogP contribution in [-0.2, 0) is 9.53 Å². The molecule has 0 aromatic carbocycles. The Labute approximate surface area is 60.6 Å². The van der Waals surface area contributed by atoms with Crippen molar-refractivity contribution in [3.8, 4) is 0 Å². The van der Waals surface area contributed by atoms with E-state index in [4.69, 9.17) is 11.6 Å². The second-order valence-electron chi connectivity index (χ2n) is 0.949. The van der Waals surface area contributed by atoms with Gasteiger partial charge in [0.1, 0.15) is 4.48 Å². The molecule has 0 spiro atoms. The zero-order chi connectivity index (χ0) is 6.57. The van der Waals surface area contributed by atoms with E-state index >= 15 is 0 Å². The van der Waals surface area contributed by atoms with Gasteiger partial charge in [-0.1, -0.05) is 11.6 Å². The maximum Gasteiger partial charge on any atom is 0.345 e. The number of rotatable bonds is 1. The van der Waals surface area contributed by atoms with Crippen LogP contribution < -0.4 is 0 Å². The standard InChI is InChI=1S/C4H4BrClO2/c1-8-4(7)3(5)2-6/h2H,1H3/b3-2+. The minimum Gasteiger partial charge on any atom is -0.465 e. The van der Waals surface area contributed by atoms with Gasteiger partial charge in [-0.3, -0.25) is 0 Å². The highest BCUT2D eigenvalue weighted by molar-refractivity contribution is 9.12. The number of hydrogen-bond acceptors (Lipinski definition) is 2. The fraction of sp³-hybridized carbons (Fsp3) is 0.250. The highest BCUT2D eigenvalue weighted by atomic mass is 79.9. The molecule has 0 aliphatic heterocycles. The summed E-state index contributed by atoms with van der Waals surface area (Å²) in [5, 5.41) is 0. The first kappa shape index (κ1) is 7.98. The molecular formula is C4H4BrClO2. The molecule has 0 saturated carbocycles. The molecule has 0 fully saturated rings. The van der Waals surface area contributed by atoms with E-state index in [1.807, 2.05) is 0 Å². The Morgan fingerprint density at radius 3 is 2.50 bits per heavy atom. The van der Waals surface area contributed by atoms with Gasteiger partial charge in [-0.15, -0.1) is 0 Å². The zero-order valence-corrected chi connectivity index (χ0v) is 6.49. The van der Waals surface area contributed by atoms with Crippen LogP contribution in [0.5, 0.6) is 0 Å². The molecule has 8 heavy (non-hydrogen) atoms. The summed E-state index contributed by atoms with van der Waals surface area (Å²) in [5.41, 5.74) is 1.10. The minimum absolute atomic E-state index is 0.224. The summed E-state index contributed by atoms with van der Waals surface area (Å²) in [5.74, 6) is -0.472. The Kier molecular flexibility index (Phi) is 3.91. The lowest BCUT2D eigenvalue weighted by Crippen LogP contribution is -1.97. The molecule has 0 rings (SSSR count). The van der Waals surface area contributed by atoms with Crippen molar-refractivity contribution >= 4 is 33.5 Å². The summed E-state index contributed by atoms with van der Waals surface area (Å²) in [6, 6.07) is 0. The molecule has 0 aliphatic carbocycles. The normalized spacial score (nSPS) is 11.1. The molecule has 0 unspecified atom stereocenters. The molecule has 0 aromatic heterocycles. The number of carbonyl (C=O) groups is 1. The van der Waals surface area contributed by atoms with Gasteiger partial charge >= 0.3 is 5.97 Å². The molecule has 0 aliphatic rings. The van der Waals surface area contributed by atoms with Gasteiger partial charge in [-0.25, -0.2) is 4.79 Å². The van der Waals surface area contributed by atoms with E-state index in [0.717, 1.165) is 5.54 Å². The van der Waals surface area contributed by atoms with E-state index in [0.29, 0.717) is 0 Å². The summed E-state index contributed by atoms with van der Waals surface area (Å²) < 4.78 is 4.49. The van der Waals surface area contributed by atoms with Gasteiger partial charge in [0.2, 0.25) is 0 Å². The van der Waals surface area contributed by atoms with Gasteiger partial charge in [0.15, 0.2) is 0 Å². The summed E-state index contributed by atoms with van der Waals surface area (Å²) in [6.45, 7) is 0. The van der Waals surface area contributed by atoms with Gasteiger partial charge in [-0.2, -0.15) is 0 Å². The Hall–Kier alpha value is -0.0200. The Morgan fingerprint density at radius 1 is 1.88 bits per heavy atom. The van der Waals surface area contributed by atoms with Crippen molar-refractivity contribution < 1.29 is 9.53 Å². The number of methoxy groups -OCH3 is 1. The van der Waals surface area contributed by atoms with Crippen molar-refractivity contribution in [1.82, 2.24) is 0 Å². The third-order valence-electron chi connectivity index (χ3n) is 0.476. The quantitative estimate of drug-likeness (QED) is 0.474. The molecule has 4 heteroatoms. The number of esters is 1. The largest absolute Gasteiger partial charge is 0.465 e. The lowest BCUT2D eigenvalue weighted by Gasteiger charge is -1.91. The molecular weight excluding hydrogens is 195 g/mol. The van der Waals surface area contributed by atoms with Crippen LogP contribution in [0.15, 0.2) is 10.0 Å². The van der Waals surface area contributed by atoms with Crippen LogP contribution >= 0.6 is 27.5 Å². The summed E-state index contributed by atoms with van der Waals surface area (Å²) in [6.07, 6.45) is 0. The smallest absolute Gasteiger partial charge is 0.345 e. The maximum absolute atomic E-state index is 10.3. The molecule has 0 saturated heterocycles. The first-order valence-electron chi connectivity index (χ1n) is 1.76. The maximum atomic E-state index is 10.3. The predicted molar refractivity (Wildman–Crippen MR) is 34.9 cm³/mol. The molecule has 0 radical (unpaired) electrons. The van der Waals surface area contributed by atoms with Gasteiger partial charge in [-0.05, 0) is 15.9 Å². The third-order valence-corrected chi connectivity index (χ3v) is 1.51. The van der Waals surface area contributed by atoms with E-state index in [2.05, 4.69) is 20.7 Å². The van der Waals surface area contributed by atoms with Crippen molar-refractivity contribution in [3.05, 3.63) is 10.0 Å². The number of ether oxygens (including phenoxy) is 1. The van der Waals surface area contributed by atoms with Gasteiger partial charge in [0, 0.05) is 5.54 Å². The first-order valence-corrected chi connectivity index (χ1v) is 2.99. The van der Waals surface area contributed by atoms with Gasteiger partial charge in [0.25, 0.3) is 0 Å². The highest BCUT2D eigenvalue weighted by Gasteiger charge is 2.01. The number of carbonyl (C=O) groups excluding carboxylic acids is 1. The van der Waals surface area contributed by atoms with Crippen LogP contribution in [0.1, 0.15) is 0 Å². The lowest BCUT2D eigenvalue weighted by atomic mass is 10.7. The van der Waals surface area contributed by atoms with E-state index in [1.54, 1.807) is 0 Å². The van der Waals surface area contributed by atoms with Crippen LogP contribution in [0.25, 0.3) is 0 Å². The Bertz CT molecular complexity index is 121. The molecule has 0 atom stereocenters. The van der Waals surface area contributed by atoms with Gasteiger partial charge in [0.05, 0.1) is 7.11 Å². The average Bonchev–Trinajstić information content (AvgIpc) is 1.84. The molecule has 46 valence electrons. The third kappa shape index (κ3) is 2.33. The highest BCUT2D eigenvalue weighted by Crippen LogP contribution is 2.06. The molecule has 0 bridgehead atoms. The molecule has 0 heterocycles. The topological polar surface area (TPSA) is 26.3 Å². The van der Waals surface area contributed by atoms with Crippen molar-refractivity contribution in [3.63, 3.8) is 0 Å². The fourth-order valence-electron chi connectivity index (χ4n) is 0.142.